The van der Waals surface area contributed by atoms with Gasteiger partial charge in [0.15, 0.2) is 0 Å². The zero-order valence-electron chi connectivity index (χ0n) is 2.17. The van der Waals surface area contributed by atoms with Crippen LogP contribution in [0.5, 0.6) is 0 Å². The zero-order valence-corrected chi connectivity index (χ0v) is 2.17. The molecule has 5 heavy (non-hydrogen) atoms. The lowest BCUT2D eigenvalue weighted by molar-refractivity contribution is -0.256. The molecule has 29 valence electrons. The Kier molecular flexibility index (Phi) is 1.30. The Morgan fingerprint density at radius 3 is 2.00 bits per heavy atom. The largest absolute Gasteiger partial charge is 0.540 e. The average Bonchev–Trinajstić information content (AvgIpc) is 1.38. The van der Waals surface area contributed by atoms with E-state index in [0.29, 0.717) is 0 Å². The maximum absolute atomic E-state index is 8.83. The van der Waals surface area contributed by atoms with Crippen LogP contribution in [0.2, 0.25) is 0 Å². The molecule has 0 amide bonds. The topological polar surface area (TPSA) is 66.4 Å². The van der Waals surface area contributed by atoms with Crippen molar-refractivity contribution in [3.8, 4) is 0 Å². The lowest BCUT2D eigenvalue weighted by atomic mass is 11.5. The zero-order chi connectivity index (χ0) is 4.28. The van der Waals surface area contributed by atoms with Crippen LogP contribution in [0, 0.1) is 0 Å². The van der Waals surface area contributed by atoms with Gasteiger partial charge in [0.1, 0.15) is 0 Å². The molecular formula is CHO4. The smallest absolute Gasteiger partial charge is 0.448 e. The van der Waals surface area contributed by atoms with Crippen molar-refractivity contribution in [3.63, 3.8) is 0 Å². The fourth-order valence-corrected chi connectivity index (χ4v) is 0. The van der Waals surface area contributed by atoms with Crippen molar-refractivity contribution in [1.82, 2.24) is 0 Å². The Hall–Kier alpha value is -0.770. The molecule has 0 saturated heterocycles. The summed E-state index contributed by atoms with van der Waals surface area (Å²) in [6, 6.07) is 0. The van der Waals surface area contributed by atoms with E-state index >= 15 is 0 Å². The normalized spacial score (nSPS) is 6.60. The minimum atomic E-state index is -1.80. The van der Waals surface area contributed by atoms with Crippen molar-refractivity contribution in [2.45, 2.75) is 0 Å². The molecule has 4 nitrogen and oxygen atoms in total. The van der Waals surface area contributed by atoms with Gasteiger partial charge >= 0.3 is 6.16 Å². The highest BCUT2D eigenvalue weighted by molar-refractivity contribution is 5.55. The van der Waals surface area contributed by atoms with Crippen LogP contribution in [-0.2, 0) is 10.1 Å². The Labute approximate surface area is 27.5 Å². The van der Waals surface area contributed by atoms with Crippen molar-refractivity contribution in [2.24, 2.45) is 0 Å². The lowest BCUT2D eigenvalue weighted by Crippen LogP contribution is -1.90. The number of carbonyl (C=O) groups is 1. The first-order chi connectivity index (χ1) is 2.27. The standard InChI is InChI=1S/CHO4/c2-1(3)5-4/h(H,2,3). The minimum Gasteiger partial charge on any atom is -0.448 e. The van der Waals surface area contributed by atoms with Crippen molar-refractivity contribution >= 4 is 6.16 Å². The Morgan fingerprint density at radius 2 is 2.00 bits per heavy atom. The van der Waals surface area contributed by atoms with Gasteiger partial charge in [-0.3, -0.25) is 0 Å². The first-order valence-electron chi connectivity index (χ1n) is 0.799. The summed E-state index contributed by atoms with van der Waals surface area (Å²) in [5.74, 6) is 0. The van der Waals surface area contributed by atoms with E-state index in [2.05, 4.69) is 4.89 Å². The van der Waals surface area contributed by atoms with Crippen LogP contribution >= 0.6 is 0 Å². The molecular weight excluding hydrogens is 76.0 g/mol. The van der Waals surface area contributed by atoms with Crippen molar-refractivity contribution in [3.05, 3.63) is 0 Å². The third-order valence-corrected chi connectivity index (χ3v) is 0.0713. The summed E-state index contributed by atoms with van der Waals surface area (Å²) in [6.45, 7) is 0. The van der Waals surface area contributed by atoms with Crippen LogP contribution in [-0.4, -0.2) is 11.3 Å². The van der Waals surface area contributed by atoms with Crippen molar-refractivity contribution < 1.29 is 20.0 Å². The van der Waals surface area contributed by atoms with E-state index < -0.39 is 6.16 Å². The SMILES string of the molecule is [O]OC(=O)O. The van der Waals surface area contributed by atoms with Gasteiger partial charge in [-0.1, -0.05) is 0 Å². The molecule has 0 rings (SSSR count). The molecule has 0 aromatic heterocycles. The summed E-state index contributed by atoms with van der Waals surface area (Å²) < 4.78 is 0. The summed E-state index contributed by atoms with van der Waals surface area (Å²) in [7, 11) is 0. The highest BCUT2D eigenvalue weighted by Crippen LogP contribution is 1.61. The maximum Gasteiger partial charge on any atom is 0.540 e. The van der Waals surface area contributed by atoms with Gasteiger partial charge in [-0.05, 0) is 0 Å². The summed E-state index contributed by atoms with van der Waals surface area (Å²) in [6.07, 6.45) is -1.80. The van der Waals surface area contributed by atoms with Crippen molar-refractivity contribution in [2.75, 3.05) is 0 Å². The molecule has 0 aliphatic rings. The third-order valence-electron chi connectivity index (χ3n) is 0.0713. The first-order valence-corrected chi connectivity index (χ1v) is 0.799. The molecule has 0 heterocycles. The third kappa shape index (κ3) is 3.23. The van der Waals surface area contributed by atoms with Gasteiger partial charge in [0, 0.05) is 5.26 Å². The molecule has 0 aliphatic carbocycles. The predicted octanol–water partition coefficient (Wildman–Crippen LogP) is 0.0265. The van der Waals surface area contributed by atoms with Gasteiger partial charge in [-0.15, -0.1) is 0 Å². The molecule has 0 aliphatic heterocycles. The van der Waals surface area contributed by atoms with E-state index in [1.54, 1.807) is 0 Å². The molecule has 0 fully saturated rings. The Balaban J connectivity index is 2.85. The molecule has 4 heteroatoms. The lowest BCUT2D eigenvalue weighted by Gasteiger charge is -1.70. The van der Waals surface area contributed by atoms with Gasteiger partial charge < -0.3 is 5.11 Å². The van der Waals surface area contributed by atoms with E-state index in [-0.39, 0.29) is 0 Å². The molecule has 0 aromatic rings. The summed E-state index contributed by atoms with van der Waals surface area (Å²) in [5, 5.41) is 15.7. The second kappa shape index (κ2) is 1.54. The molecule has 0 aromatic carbocycles. The van der Waals surface area contributed by atoms with Crippen LogP contribution in [0.4, 0.5) is 4.79 Å². The van der Waals surface area contributed by atoms with Gasteiger partial charge in [-0.25, -0.2) is 9.68 Å². The maximum atomic E-state index is 8.83. The van der Waals surface area contributed by atoms with Crippen LogP contribution in [0.1, 0.15) is 0 Å². The highest BCUT2D eigenvalue weighted by atomic mass is 17.1. The molecule has 0 bridgehead atoms. The fourth-order valence-electron chi connectivity index (χ4n) is 0. The molecule has 0 atom stereocenters. The second-order valence-corrected chi connectivity index (χ2v) is 0.349. The van der Waals surface area contributed by atoms with Gasteiger partial charge in [-0.2, -0.15) is 0 Å². The van der Waals surface area contributed by atoms with E-state index in [4.69, 9.17) is 15.2 Å². The van der Waals surface area contributed by atoms with E-state index in [0.717, 1.165) is 0 Å². The summed E-state index contributed by atoms with van der Waals surface area (Å²) in [5.41, 5.74) is 0. The van der Waals surface area contributed by atoms with Gasteiger partial charge in [0.05, 0.1) is 0 Å². The number of carboxylic acid groups (broad SMARTS) is 1. The monoisotopic (exact) mass is 77.0 g/mol. The molecule has 0 saturated carbocycles. The molecule has 1 radical (unpaired) electrons. The Bertz CT molecular complexity index is 38.9. The molecule has 0 unspecified atom stereocenters. The van der Waals surface area contributed by atoms with Gasteiger partial charge in [0.2, 0.25) is 0 Å². The van der Waals surface area contributed by atoms with Crippen LogP contribution in [0.15, 0.2) is 0 Å². The molecule has 0 spiro atoms. The van der Waals surface area contributed by atoms with E-state index in [9.17, 15) is 0 Å². The van der Waals surface area contributed by atoms with E-state index in [1.807, 2.05) is 0 Å². The van der Waals surface area contributed by atoms with Crippen molar-refractivity contribution in [1.29, 1.82) is 0 Å². The predicted molar refractivity (Wildman–Crippen MR) is 9.80 cm³/mol. The molecule has 1 N–H and O–H groups in total. The van der Waals surface area contributed by atoms with Crippen LogP contribution in [0.3, 0.4) is 0 Å². The van der Waals surface area contributed by atoms with Crippen LogP contribution in [0.25, 0.3) is 0 Å². The summed E-state index contributed by atoms with van der Waals surface area (Å²) in [4.78, 5) is 11.2. The Morgan fingerprint density at radius 1 is 1.80 bits per heavy atom. The highest BCUT2D eigenvalue weighted by Gasteiger charge is 1.86. The first kappa shape index (κ1) is 4.23. The van der Waals surface area contributed by atoms with E-state index in [1.165, 1.54) is 0 Å². The quantitative estimate of drug-likeness (QED) is 0.327. The number of hydrogen-bond donors (Lipinski definition) is 1. The second-order valence-electron chi connectivity index (χ2n) is 0.349. The summed E-state index contributed by atoms with van der Waals surface area (Å²) >= 11 is 0. The minimum absolute atomic E-state index is 1.80. The number of rotatable bonds is 0. The van der Waals surface area contributed by atoms with Crippen LogP contribution < -0.4 is 0 Å². The number of hydrogen-bond acceptors (Lipinski definition) is 2. The average molecular weight is 77.0 g/mol. The fraction of sp³-hybridized carbons (Fsp3) is 0. The van der Waals surface area contributed by atoms with Gasteiger partial charge in [0.25, 0.3) is 0 Å².